The van der Waals surface area contributed by atoms with Crippen molar-refractivity contribution in [2.45, 2.75) is 43.6 Å². The second-order valence-corrected chi connectivity index (χ2v) is 8.84. The highest BCUT2D eigenvalue weighted by atomic mass is 16.5. The summed E-state index contributed by atoms with van der Waals surface area (Å²) in [6, 6.07) is 15.0. The van der Waals surface area contributed by atoms with Gasteiger partial charge in [-0.3, -0.25) is 0 Å². The molecule has 1 aliphatic carbocycles. The zero-order valence-electron chi connectivity index (χ0n) is 16.6. The van der Waals surface area contributed by atoms with Gasteiger partial charge in [-0.2, -0.15) is 0 Å². The van der Waals surface area contributed by atoms with E-state index in [4.69, 9.17) is 9.47 Å². The van der Waals surface area contributed by atoms with E-state index in [9.17, 15) is 5.11 Å². The summed E-state index contributed by atoms with van der Waals surface area (Å²) >= 11 is 0. The topological polar surface area (TPSA) is 38.7 Å². The van der Waals surface area contributed by atoms with Crippen molar-refractivity contribution < 1.29 is 19.1 Å². The van der Waals surface area contributed by atoms with E-state index in [0.717, 1.165) is 42.0 Å². The first kappa shape index (κ1) is 17.8. The van der Waals surface area contributed by atoms with E-state index in [2.05, 4.69) is 49.5 Å². The molecule has 0 bridgehead atoms. The van der Waals surface area contributed by atoms with E-state index in [1.54, 1.807) is 7.11 Å². The van der Waals surface area contributed by atoms with Crippen LogP contribution in [0.1, 0.15) is 29.5 Å². The summed E-state index contributed by atoms with van der Waals surface area (Å²) in [6.07, 6.45) is 5.37. The maximum atomic E-state index is 10.2. The smallest absolute Gasteiger partial charge is 0.166 e. The van der Waals surface area contributed by atoms with E-state index in [1.165, 1.54) is 16.7 Å². The molecule has 0 saturated carbocycles. The molecule has 0 saturated heterocycles. The number of nitrogens with zero attached hydrogens (tertiary/aromatic N) is 1. The van der Waals surface area contributed by atoms with Crippen molar-refractivity contribution in [3.05, 3.63) is 71.3 Å². The van der Waals surface area contributed by atoms with Crippen molar-refractivity contribution in [2.24, 2.45) is 0 Å². The van der Waals surface area contributed by atoms with E-state index < -0.39 is 6.10 Å². The summed E-state index contributed by atoms with van der Waals surface area (Å²) in [4.78, 5) is 0. The first-order chi connectivity index (χ1) is 13.5. The summed E-state index contributed by atoms with van der Waals surface area (Å²) < 4.78 is 13.0. The lowest BCUT2D eigenvalue weighted by Gasteiger charge is -2.37. The zero-order valence-corrected chi connectivity index (χ0v) is 16.6. The largest absolute Gasteiger partial charge is 0.493 e. The number of aliphatic hydroxyl groups excluding tert-OH is 1. The molecule has 0 amide bonds. The van der Waals surface area contributed by atoms with Crippen molar-refractivity contribution in [1.82, 2.24) is 0 Å². The molecule has 2 aromatic carbocycles. The minimum atomic E-state index is -0.437. The molecule has 2 aromatic rings. The third-order valence-electron chi connectivity index (χ3n) is 6.82. The second-order valence-electron chi connectivity index (χ2n) is 8.84. The first-order valence-corrected chi connectivity index (χ1v) is 10.1. The lowest BCUT2D eigenvalue weighted by molar-refractivity contribution is -0.935. The summed E-state index contributed by atoms with van der Waals surface area (Å²) in [5, 5.41) is 10.2. The van der Waals surface area contributed by atoms with Crippen molar-refractivity contribution in [1.29, 1.82) is 0 Å². The Hall–Kier alpha value is -2.30. The SMILES string of the molecule is COc1ccc2c3c1O[C@H]1C[C@@H](O)C=C[C@@]31CC[N@@+](C)(Cc1ccccc1)C2. The number of ether oxygens (including phenoxy) is 2. The summed E-state index contributed by atoms with van der Waals surface area (Å²) in [5.74, 6) is 1.69. The molecule has 0 unspecified atom stereocenters. The van der Waals surface area contributed by atoms with Crippen LogP contribution in [-0.4, -0.2) is 42.5 Å². The number of rotatable bonds is 3. The summed E-state index contributed by atoms with van der Waals surface area (Å²) in [5.41, 5.74) is 3.84. The van der Waals surface area contributed by atoms with Gasteiger partial charge in [0, 0.05) is 29.5 Å². The van der Waals surface area contributed by atoms with Gasteiger partial charge in [0.2, 0.25) is 0 Å². The van der Waals surface area contributed by atoms with Gasteiger partial charge in [-0.1, -0.05) is 42.5 Å². The predicted octanol–water partition coefficient (Wildman–Crippen LogP) is 3.57. The van der Waals surface area contributed by atoms with Crippen LogP contribution < -0.4 is 9.47 Å². The van der Waals surface area contributed by atoms with Crippen LogP contribution in [-0.2, 0) is 18.5 Å². The Morgan fingerprint density at radius 1 is 1.21 bits per heavy atom. The number of aliphatic hydroxyl groups is 1. The number of benzene rings is 2. The van der Waals surface area contributed by atoms with Gasteiger partial charge in [-0.15, -0.1) is 0 Å². The third kappa shape index (κ3) is 2.66. The monoisotopic (exact) mass is 378 g/mol. The van der Waals surface area contributed by atoms with Crippen LogP contribution in [0.15, 0.2) is 54.6 Å². The quantitative estimate of drug-likeness (QED) is 0.656. The predicted molar refractivity (Wildman–Crippen MR) is 108 cm³/mol. The molecule has 2 heterocycles. The Balaban J connectivity index is 1.61. The highest BCUT2D eigenvalue weighted by molar-refractivity contribution is 5.60. The minimum absolute atomic E-state index is 0.0270. The Bertz CT molecular complexity index is 925. The maximum Gasteiger partial charge on any atom is 0.166 e. The summed E-state index contributed by atoms with van der Waals surface area (Å²) in [7, 11) is 4.06. The number of hydrogen-bond donors (Lipinski definition) is 1. The molecule has 5 rings (SSSR count). The highest BCUT2D eigenvalue weighted by Gasteiger charge is 2.54. The van der Waals surface area contributed by atoms with Crippen LogP contribution in [0.25, 0.3) is 0 Å². The Labute approximate surface area is 166 Å². The second kappa shape index (κ2) is 6.36. The van der Waals surface area contributed by atoms with Gasteiger partial charge in [0.05, 0.1) is 32.2 Å². The van der Waals surface area contributed by atoms with Gasteiger partial charge in [-0.05, 0) is 12.1 Å². The molecule has 146 valence electrons. The van der Waals surface area contributed by atoms with Gasteiger partial charge >= 0.3 is 0 Å². The molecule has 0 fully saturated rings. The molecule has 1 N–H and O–H groups in total. The fourth-order valence-electron chi connectivity index (χ4n) is 5.44. The zero-order chi connectivity index (χ0) is 19.4. The Kier molecular flexibility index (Phi) is 4.04. The molecular formula is C24H28NO3+. The fraction of sp³-hybridized carbons (Fsp3) is 0.417. The minimum Gasteiger partial charge on any atom is -0.493 e. The number of quaternary nitrogens is 1. The fourth-order valence-corrected chi connectivity index (χ4v) is 5.44. The first-order valence-electron chi connectivity index (χ1n) is 10.1. The average Bonchev–Trinajstić information content (AvgIpc) is 2.96. The van der Waals surface area contributed by atoms with E-state index >= 15 is 0 Å². The van der Waals surface area contributed by atoms with Gasteiger partial charge in [0.1, 0.15) is 19.2 Å². The van der Waals surface area contributed by atoms with Crippen LogP contribution >= 0.6 is 0 Å². The van der Waals surface area contributed by atoms with E-state index in [0.29, 0.717) is 6.42 Å². The highest BCUT2D eigenvalue weighted by Crippen LogP contribution is 2.56. The normalized spacial score (nSPS) is 32.8. The molecule has 1 spiro atoms. The molecule has 2 aliphatic heterocycles. The van der Waals surface area contributed by atoms with Crippen molar-refractivity contribution >= 4 is 0 Å². The van der Waals surface area contributed by atoms with Gasteiger partial charge in [-0.25, -0.2) is 0 Å². The molecule has 28 heavy (non-hydrogen) atoms. The van der Waals surface area contributed by atoms with E-state index in [-0.39, 0.29) is 11.5 Å². The molecule has 0 radical (unpaired) electrons. The summed E-state index contributed by atoms with van der Waals surface area (Å²) in [6.45, 7) is 3.04. The Morgan fingerprint density at radius 2 is 2.04 bits per heavy atom. The van der Waals surface area contributed by atoms with Crippen LogP contribution in [0.5, 0.6) is 11.5 Å². The van der Waals surface area contributed by atoms with Crippen molar-refractivity contribution in [2.75, 3.05) is 20.7 Å². The van der Waals surface area contributed by atoms with E-state index in [1.807, 2.05) is 12.1 Å². The molecule has 4 atom stereocenters. The Morgan fingerprint density at radius 3 is 2.82 bits per heavy atom. The van der Waals surface area contributed by atoms with Gasteiger partial charge in [0.15, 0.2) is 11.5 Å². The molecule has 4 nitrogen and oxygen atoms in total. The molecule has 4 heteroatoms. The lowest BCUT2D eigenvalue weighted by Crippen LogP contribution is -2.46. The van der Waals surface area contributed by atoms with Gasteiger partial charge in [0.25, 0.3) is 0 Å². The average molecular weight is 378 g/mol. The van der Waals surface area contributed by atoms with Crippen LogP contribution in [0, 0.1) is 0 Å². The standard InChI is InChI=1S/C24H28NO3/c1-25(15-17-6-4-3-5-7-17)13-12-24-11-10-19(26)14-21(24)28-23-20(27-2)9-8-18(16-25)22(23)24/h3-11,19,21,26H,12-16H2,1-2H3/q+1/t19-,21-,24-,25-/m0/s1. The van der Waals surface area contributed by atoms with Crippen LogP contribution in [0.3, 0.4) is 0 Å². The lowest BCUT2D eigenvalue weighted by atomic mass is 9.69. The van der Waals surface area contributed by atoms with Crippen LogP contribution in [0.2, 0.25) is 0 Å². The van der Waals surface area contributed by atoms with Crippen molar-refractivity contribution in [3.63, 3.8) is 0 Å². The number of methoxy groups -OCH3 is 1. The van der Waals surface area contributed by atoms with Gasteiger partial charge < -0.3 is 19.1 Å². The maximum absolute atomic E-state index is 10.2. The molecular weight excluding hydrogens is 350 g/mol. The molecule has 0 aromatic heterocycles. The van der Waals surface area contributed by atoms with Crippen LogP contribution in [0.4, 0.5) is 0 Å². The van der Waals surface area contributed by atoms with Crippen molar-refractivity contribution in [3.8, 4) is 11.5 Å². The third-order valence-corrected chi connectivity index (χ3v) is 6.82. The molecule has 3 aliphatic rings. The number of hydrogen-bond acceptors (Lipinski definition) is 3.